The highest BCUT2D eigenvalue weighted by Crippen LogP contribution is 2.30. The minimum atomic E-state index is -0.980. The zero-order chi connectivity index (χ0) is 13.1. The standard InChI is InChI=1S/C14H11FO2S/c1-9-6-10(8-11(15)7-9)13-4-2-12(18-13)3-5-14(16)17/h2-8H,1H3,(H,16,17). The van der Waals surface area contributed by atoms with E-state index in [1.54, 1.807) is 0 Å². The monoisotopic (exact) mass is 262 g/mol. The average Bonchev–Trinajstić information content (AvgIpc) is 2.73. The van der Waals surface area contributed by atoms with Crippen LogP contribution in [0.2, 0.25) is 0 Å². The van der Waals surface area contributed by atoms with Crippen molar-refractivity contribution in [2.45, 2.75) is 6.92 Å². The van der Waals surface area contributed by atoms with Crippen molar-refractivity contribution in [2.24, 2.45) is 0 Å². The molecule has 0 aliphatic heterocycles. The van der Waals surface area contributed by atoms with E-state index in [1.807, 2.05) is 25.1 Å². The lowest BCUT2D eigenvalue weighted by molar-refractivity contribution is -0.131. The first kappa shape index (κ1) is 12.5. The van der Waals surface area contributed by atoms with Gasteiger partial charge in [0, 0.05) is 15.8 Å². The summed E-state index contributed by atoms with van der Waals surface area (Å²) in [6.45, 7) is 1.84. The van der Waals surface area contributed by atoms with E-state index in [0.717, 1.165) is 27.0 Å². The Bertz CT molecular complexity index is 594. The Kier molecular flexibility index (Phi) is 3.58. The first-order valence-corrected chi connectivity index (χ1v) is 6.14. The third kappa shape index (κ3) is 3.05. The zero-order valence-corrected chi connectivity index (χ0v) is 10.5. The summed E-state index contributed by atoms with van der Waals surface area (Å²) in [4.78, 5) is 12.2. The minimum absolute atomic E-state index is 0.263. The summed E-state index contributed by atoms with van der Waals surface area (Å²) in [5.41, 5.74) is 1.67. The van der Waals surface area contributed by atoms with Crippen LogP contribution in [-0.4, -0.2) is 11.1 Å². The van der Waals surface area contributed by atoms with Crippen LogP contribution < -0.4 is 0 Å². The maximum atomic E-state index is 13.3. The second-order valence-corrected chi connectivity index (χ2v) is 5.01. The van der Waals surface area contributed by atoms with Crippen molar-refractivity contribution >= 4 is 23.4 Å². The van der Waals surface area contributed by atoms with Gasteiger partial charge in [0.2, 0.25) is 0 Å². The predicted molar refractivity (Wildman–Crippen MR) is 71.1 cm³/mol. The number of carboxylic acid groups (broad SMARTS) is 1. The molecule has 0 amide bonds. The second-order valence-electron chi connectivity index (χ2n) is 3.89. The van der Waals surface area contributed by atoms with E-state index in [-0.39, 0.29) is 5.82 Å². The molecule has 0 unspecified atom stereocenters. The molecular formula is C14H11FO2S. The van der Waals surface area contributed by atoms with Crippen LogP contribution in [0.15, 0.2) is 36.4 Å². The lowest BCUT2D eigenvalue weighted by atomic mass is 10.1. The van der Waals surface area contributed by atoms with Crippen molar-refractivity contribution in [3.05, 3.63) is 52.7 Å². The Balaban J connectivity index is 2.32. The molecule has 18 heavy (non-hydrogen) atoms. The number of benzene rings is 1. The zero-order valence-electron chi connectivity index (χ0n) is 9.68. The number of aliphatic carboxylic acids is 1. The van der Waals surface area contributed by atoms with Gasteiger partial charge in [-0.05, 0) is 48.4 Å². The summed E-state index contributed by atoms with van der Waals surface area (Å²) in [5.74, 6) is -1.24. The third-order valence-electron chi connectivity index (χ3n) is 2.34. The summed E-state index contributed by atoms with van der Waals surface area (Å²) in [6.07, 6.45) is 2.62. The van der Waals surface area contributed by atoms with E-state index in [1.165, 1.54) is 29.5 Å². The fraction of sp³-hybridized carbons (Fsp3) is 0.0714. The molecule has 0 saturated carbocycles. The van der Waals surface area contributed by atoms with Crippen LogP contribution in [0, 0.1) is 12.7 Å². The predicted octanol–water partition coefficient (Wildman–Crippen LogP) is 3.96. The highest BCUT2D eigenvalue weighted by molar-refractivity contribution is 7.16. The first-order chi connectivity index (χ1) is 8.54. The number of halogens is 1. The Morgan fingerprint density at radius 1 is 1.33 bits per heavy atom. The molecule has 2 aromatic rings. The lowest BCUT2D eigenvalue weighted by Crippen LogP contribution is -1.84. The fourth-order valence-electron chi connectivity index (χ4n) is 1.63. The number of rotatable bonds is 3. The molecule has 1 heterocycles. The maximum Gasteiger partial charge on any atom is 0.328 e. The van der Waals surface area contributed by atoms with Crippen molar-refractivity contribution in [1.29, 1.82) is 0 Å². The summed E-state index contributed by atoms with van der Waals surface area (Å²) < 4.78 is 13.3. The number of hydrogen-bond donors (Lipinski definition) is 1. The van der Waals surface area contributed by atoms with Gasteiger partial charge >= 0.3 is 5.97 Å². The molecule has 0 aliphatic rings. The lowest BCUT2D eigenvalue weighted by Gasteiger charge is -2.00. The van der Waals surface area contributed by atoms with Gasteiger partial charge in [0.05, 0.1) is 0 Å². The van der Waals surface area contributed by atoms with E-state index in [4.69, 9.17) is 5.11 Å². The van der Waals surface area contributed by atoms with Crippen molar-refractivity contribution in [1.82, 2.24) is 0 Å². The Morgan fingerprint density at radius 3 is 2.78 bits per heavy atom. The maximum absolute atomic E-state index is 13.3. The molecule has 0 fully saturated rings. The van der Waals surface area contributed by atoms with Crippen LogP contribution >= 0.6 is 11.3 Å². The van der Waals surface area contributed by atoms with Crippen LogP contribution in [-0.2, 0) is 4.79 Å². The molecule has 1 aromatic heterocycles. The Morgan fingerprint density at radius 2 is 2.11 bits per heavy atom. The summed E-state index contributed by atoms with van der Waals surface area (Å²) in [5, 5.41) is 8.54. The van der Waals surface area contributed by atoms with Crippen LogP contribution in [0.3, 0.4) is 0 Å². The molecule has 2 rings (SSSR count). The molecule has 0 aliphatic carbocycles. The first-order valence-electron chi connectivity index (χ1n) is 5.33. The minimum Gasteiger partial charge on any atom is -0.478 e. The highest BCUT2D eigenvalue weighted by atomic mass is 32.1. The van der Waals surface area contributed by atoms with Crippen molar-refractivity contribution in [3.63, 3.8) is 0 Å². The van der Waals surface area contributed by atoms with Crippen LogP contribution in [0.5, 0.6) is 0 Å². The van der Waals surface area contributed by atoms with E-state index >= 15 is 0 Å². The van der Waals surface area contributed by atoms with Gasteiger partial charge in [-0.3, -0.25) is 0 Å². The van der Waals surface area contributed by atoms with Crippen molar-refractivity contribution < 1.29 is 14.3 Å². The largest absolute Gasteiger partial charge is 0.478 e. The van der Waals surface area contributed by atoms with Crippen LogP contribution in [0.4, 0.5) is 4.39 Å². The number of carbonyl (C=O) groups is 1. The topological polar surface area (TPSA) is 37.3 Å². The van der Waals surface area contributed by atoms with E-state index in [9.17, 15) is 9.18 Å². The number of carboxylic acids is 1. The van der Waals surface area contributed by atoms with Crippen molar-refractivity contribution in [3.8, 4) is 10.4 Å². The molecule has 1 N–H and O–H groups in total. The van der Waals surface area contributed by atoms with Gasteiger partial charge in [0.25, 0.3) is 0 Å². The Hall–Kier alpha value is -1.94. The molecular weight excluding hydrogens is 251 g/mol. The van der Waals surface area contributed by atoms with E-state index in [2.05, 4.69) is 0 Å². The van der Waals surface area contributed by atoms with Gasteiger partial charge in [-0.1, -0.05) is 6.07 Å². The molecule has 0 bridgehead atoms. The van der Waals surface area contributed by atoms with Crippen LogP contribution in [0.25, 0.3) is 16.5 Å². The third-order valence-corrected chi connectivity index (χ3v) is 3.44. The molecule has 0 atom stereocenters. The molecule has 0 spiro atoms. The van der Waals surface area contributed by atoms with Gasteiger partial charge in [-0.25, -0.2) is 9.18 Å². The number of thiophene rings is 1. The van der Waals surface area contributed by atoms with Crippen molar-refractivity contribution in [2.75, 3.05) is 0 Å². The number of aryl methyl sites for hydroxylation is 1. The molecule has 92 valence electrons. The SMILES string of the molecule is Cc1cc(F)cc(-c2ccc(C=CC(=O)O)s2)c1. The normalized spacial score (nSPS) is 11.0. The van der Waals surface area contributed by atoms with Gasteiger partial charge in [-0.15, -0.1) is 11.3 Å². The Labute approximate surface area is 108 Å². The second kappa shape index (κ2) is 5.14. The van der Waals surface area contributed by atoms with Gasteiger partial charge in [0.1, 0.15) is 5.82 Å². The average molecular weight is 262 g/mol. The quantitative estimate of drug-likeness (QED) is 0.850. The van der Waals surface area contributed by atoms with Gasteiger partial charge in [0.15, 0.2) is 0 Å². The summed E-state index contributed by atoms with van der Waals surface area (Å²) in [7, 11) is 0. The highest BCUT2D eigenvalue weighted by Gasteiger charge is 2.04. The van der Waals surface area contributed by atoms with Crippen LogP contribution in [0.1, 0.15) is 10.4 Å². The summed E-state index contributed by atoms with van der Waals surface area (Å²) >= 11 is 1.43. The summed E-state index contributed by atoms with van der Waals surface area (Å²) in [6, 6.07) is 8.53. The molecule has 0 radical (unpaired) electrons. The fourth-order valence-corrected chi connectivity index (χ4v) is 2.53. The molecule has 4 heteroatoms. The molecule has 2 nitrogen and oxygen atoms in total. The molecule has 1 aromatic carbocycles. The van der Waals surface area contributed by atoms with Gasteiger partial charge in [-0.2, -0.15) is 0 Å². The van der Waals surface area contributed by atoms with Gasteiger partial charge < -0.3 is 5.11 Å². The molecule has 0 saturated heterocycles. The van der Waals surface area contributed by atoms with E-state index in [0.29, 0.717) is 0 Å². The number of hydrogen-bond acceptors (Lipinski definition) is 2. The smallest absolute Gasteiger partial charge is 0.328 e. The van der Waals surface area contributed by atoms with E-state index < -0.39 is 5.97 Å².